The first-order chi connectivity index (χ1) is 12.6. The zero-order chi connectivity index (χ0) is 18.4. The molecular weight excluding hydrogens is 324 g/mol. The lowest BCUT2D eigenvalue weighted by Gasteiger charge is -2.14. The van der Waals surface area contributed by atoms with Gasteiger partial charge in [-0.2, -0.15) is 4.98 Å². The van der Waals surface area contributed by atoms with Gasteiger partial charge in [-0.1, -0.05) is 23.8 Å². The molecule has 0 spiro atoms. The summed E-state index contributed by atoms with van der Waals surface area (Å²) < 4.78 is 0. The van der Waals surface area contributed by atoms with E-state index in [-0.39, 0.29) is 5.78 Å². The molecule has 1 heterocycles. The molecule has 0 saturated carbocycles. The average Bonchev–Trinajstić information content (AvgIpc) is 2.62. The standard InChI is InChI=1S/C21H26N4O/c1-15-13-20(24-19-10-6-9-18(14-19)16(2)26)25-21(23-15)22-12-11-17-7-4-3-5-8-17/h6-7,9-10,13-14H,3-5,8,11-12H2,1-2H3,(H2,22,23,24,25). The summed E-state index contributed by atoms with van der Waals surface area (Å²) in [5, 5.41) is 6.60. The van der Waals surface area contributed by atoms with Gasteiger partial charge in [0, 0.05) is 29.6 Å². The fourth-order valence-electron chi connectivity index (χ4n) is 3.14. The van der Waals surface area contributed by atoms with Gasteiger partial charge in [0.15, 0.2) is 5.78 Å². The molecule has 0 fully saturated rings. The van der Waals surface area contributed by atoms with Gasteiger partial charge in [0.25, 0.3) is 0 Å². The zero-order valence-corrected chi connectivity index (χ0v) is 15.5. The number of hydrogen-bond donors (Lipinski definition) is 2. The summed E-state index contributed by atoms with van der Waals surface area (Å²) in [5.41, 5.74) is 3.95. The van der Waals surface area contributed by atoms with Crippen molar-refractivity contribution < 1.29 is 4.79 Å². The van der Waals surface area contributed by atoms with Crippen molar-refractivity contribution >= 4 is 23.2 Å². The number of aromatic nitrogens is 2. The molecule has 136 valence electrons. The number of carbonyl (C=O) groups is 1. The van der Waals surface area contributed by atoms with E-state index < -0.39 is 0 Å². The smallest absolute Gasteiger partial charge is 0.224 e. The molecule has 1 aliphatic rings. The van der Waals surface area contributed by atoms with Gasteiger partial charge in [0.1, 0.15) is 5.82 Å². The number of nitrogens with one attached hydrogen (secondary N) is 2. The van der Waals surface area contributed by atoms with E-state index in [9.17, 15) is 4.79 Å². The van der Waals surface area contributed by atoms with Crippen molar-refractivity contribution in [2.45, 2.75) is 46.0 Å². The van der Waals surface area contributed by atoms with Gasteiger partial charge in [-0.25, -0.2) is 4.98 Å². The number of allylic oxidation sites excluding steroid dienone is 1. The molecule has 0 bridgehead atoms. The molecular formula is C21H26N4O. The van der Waals surface area contributed by atoms with E-state index in [1.807, 2.05) is 37.3 Å². The van der Waals surface area contributed by atoms with Crippen LogP contribution in [0, 0.1) is 6.92 Å². The van der Waals surface area contributed by atoms with E-state index in [4.69, 9.17) is 0 Å². The molecule has 1 aliphatic carbocycles. The fourth-order valence-corrected chi connectivity index (χ4v) is 3.14. The van der Waals surface area contributed by atoms with E-state index in [1.54, 1.807) is 6.92 Å². The summed E-state index contributed by atoms with van der Waals surface area (Å²) in [6.45, 7) is 4.36. The summed E-state index contributed by atoms with van der Waals surface area (Å²) in [5.74, 6) is 1.40. The molecule has 0 radical (unpaired) electrons. The summed E-state index contributed by atoms with van der Waals surface area (Å²) in [6, 6.07) is 9.33. The molecule has 0 atom stereocenters. The fraction of sp³-hybridized carbons (Fsp3) is 0.381. The van der Waals surface area contributed by atoms with Gasteiger partial charge in [-0.15, -0.1) is 0 Å². The lowest BCUT2D eigenvalue weighted by molar-refractivity contribution is 0.101. The van der Waals surface area contributed by atoms with Crippen LogP contribution >= 0.6 is 0 Å². The highest BCUT2D eigenvalue weighted by molar-refractivity contribution is 5.95. The van der Waals surface area contributed by atoms with Crippen molar-refractivity contribution in [3.63, 3.8) is 0 Å². The van der Waals surface area contributed by atoms with Crippen molar-refractivity contribution in [2.75, 3.05) is 17.2 Å². The summed E-state index contributed by atoms with van der Waals surface area (Å²) in [7, 11) is 0. The number of rotatable bonds is 7. The van der Waals surface area contributed by atoms with Gasteiger partial charge in [-0.05, 0) is 58.1 Å². The van der Waals surface area contributed by atoms with Crippen molar-refractivity contribution in [3.8, 4) is 0 Å². The van der Waals surface area contributed by atoms with Crippen molar-refractivity contribution in [1.82, 2.24) is 9.97 Å². The van der Waals surface area contributed by atoms with Crippen LogP contribution in [0.1, 0.15) is 55.1 Å². The predicted molar refractivity (Wildman–Crippen MR) is 106 cm³/mol. The second-order valence-corrected chi connectivity index (χ2v) is 6.77. The Morgan fingerprint density at radius 3 is 2.85 bits per heavy atom. The normalized spacial score (nSPS) is 13.8. The van der Waals surface area contributed by atoms with Crippen molar-refractivity contribution in [1.29, 1.82) is 0 Å². The largest absolute Gasteiger partial charge is 0.354 e. The minimum atomic E-state index is 0.0480. The number of benzene rings is 1. The van der Waals surface area contributed by atoms with Gasteiger partial charge in [0.05, 0.1) is 0 Å². The van der Waals surface area contributed by atoms with Crippen LogP contribution in [0.15, 0.2) is 42.0 Å². The second-order valence-electron chi connectivity index (χ2n) is 6.77. The Morgan fingerprint density at radius 2 is 2.08 bits per heavy atom. The molecule has 5 nitrogen and oxygen atoms in total. The van der Waals surface area contributed by atoms with Gasteiger partial charge in [0.2, 0.25) is 5.95 Å². The minimum absolute atomic E-state index is 0.0480. The molecule has 3 rings (SSSR count). The molecule has 0 amide bonds. The Bertz CT molecular complexity index is 813. The first-order valence-electron chi connectivity index (χ1n) is 9.25. The maximum absolute atomic E-state index is 11.5. The second kappa shape index (κ2) is 8.61. The molecule has 1 aromatic carbocycles. The molecule has 2 aromatic rings. The first kappa shape index (κ1) is 18.1. The van der Waals surface area contributed by atoms with Gasteiger partial charge in [-0.3, -0.25) is 4.79 Å². The predicted octanol–water partition coefficient (Wildman–Crippen LogP) is 5.03. The summed E-state index contributed by atoms with van der Waals surface area (Å²) in [6.07, 6.45) is 8.47. The topological polar surface area (TPSA) is 66.9 Å². The third kappa shape index (κ3) is 5.15. The highest BCUT2D eigenvalue weighted by Gasteiger charge is 2.06. The van der Waals surface area contributed by atoms with Crippen LogP contribution in [0.4, 0.5) is 17.5 Å². The maximum Gasteiger partial charge on any atom is 0.224 e. The number of Topliss-reactive ketones (excluding diaryl/α,β-unsaturated/α-hetero) is 1. The van der Waals surface area contributed by atoms with E-state index in [1.165, 1.54) is 31.3 Å². The van der Waals surface area contributed by atoms with Crippen LogP contribution < -0.4 is 10.6 Å². The van der Waals surface area contributed by atoms with Crippen LogP contribution in [0.5, 0.6) is 0 Å². The first-order valence-corrected chi connectivity index (χ1v) is 9.25. The Morgan fingerprint density at radius 1 is 1.19 bits per heavy atom. The Labute approximate surface area is 155 Å². The van der Waals surface area contributed by atoms with Crippen LogP contribution in [0.2, 0.25) is 0 Å². The number of anilines is 3. The molecule has 1 aromatic heterocycles. The van der Waals surface area contributed by atoms with E-state index in [0.29, 0.717) is 11.5 Å². The average molecular weight is 350 g/mol. The summed E-state index contributed by atoms with van der Waals surface area (Å²) >= 11 is 0. The van der Waals surface area contributed by atoms with Crippen molar-refractivity contribution in [3.05, 3.63) is 53.2 Å². The molecule has 26 heavy (non-hydrogen) atoms. The van der Waals surface area contributed by atoms with E-state index in [2.05, 4.69) is 26.7 Å². The van der Waals surface area contributed by atoms with Gasteiger partial charge < -0.3 is 10.6 Å². The number of nitrogens with zero attached hydrogens (tertiary/aromatic N) is 2. The highest BCUT2D eigenvalue weighted by atomic mass is 16.1. The lowest BCUT2D eigenvalue weighted by Crippen LogP contribution is -2.09. The monoisotopic (exact) mass is 350 g/mol. The third-order valence-corrected chi connectivity index (χ3v) is 4.51. The number of ketones is 1. The highest BCUT2D eigenvalue weighted by Crippen LogP contribution is 2.21. The number of aryl methyl sites for hydroxylation is 1. The summed E-state index contributed by atoms with van der Waals surface area (Å²) in [4.78, 5) is 20.6. The Hall–Kier alpha value is -2.69. The number of carbonyl (C=O) groups excluding carboxylic acids is 1. The maximum atomic E-state index is 11.5. The molecule has 0 aliphatic heterocycles. The molecule has 2 N–H and O–H groups in total. The number of hydrogen-bond acceptors (Lipinski definition) is 5. The van der Waals surface area contributed by atoms with Crippen LogP contribution in [0.3, 0.4) is 0 Å². The zero-order valence-electron chi connectivity index (χ0n) is 15.5. The Kier molecular flexibility index (Phi) is 6.00. The SMILES string of the molecule is CC(=O)c1cccc(Nc2cc(C)nc(NCCC3=CCCCC3)n2)c1. The quantitative estimate of drug-likeness (QED) is 0.541. The van der Waals surface area contributed by atoms with Crippen LogP contribution in [-0.4, -0.2) is 22.3 Å². The lowest BCUT2D eigenvalue weighted by atomic mass is 9.97. The van der Waals surface area contributed by atoms with Crippen molar-refractivity contribution in [2.24, 2.45) is 0 Å². The van der Waals surface area contributed by atoms with E-state index >= 15 is 0 Å². The molecule has 0 unspecified atom stereocenters. The molecule has 0 saturated heterocycles. The van der Waals surface area contributed by atoms with Gasteiger partial charge >= 0.3 is 0 Å². The third-order valence-electron chi connectivity index (χ3n) is 4.51. The Balaban J connectivity index is 1.64. The minimum Gasteiger partial charge on any atom is -0.354 e. The van der Waals surface area contributed by atoms with E-state index in [0.717, 1.165) is 30.2 Å². The van der Waals surface area contributed by atoms with Crippen LogP contribution in [-0.2, 0) is 0 Å². The molecule has 5 heteroatoms. The van der Waals surface area contributed by atoms with Crippen LogP contribution in [0.25, 0.3) is 0 Å².